The summed E-state index contributed by atoms with van der Waals surface area (Å²) in [6, 6.07) is 1.82. The second-order valence-electron chi connectivity index (χ2n) is 5.17. The van der Waals surface area contributed by atoms with E-state index in [0.29, 0.717) is 22.4 Å². The first kappa shape index (κ1) is 17.8. The molecule has 3 heterocycles. The second-order valence-corrected chi connectivity index (χ2v) is 7.54. The predicted octanol–water partition coefficient (Wildman–Crippen LogP) is 4.53. The first-order chi connectivity index (χ1) is 11.5. The number of nitrogens with two attached hydrogens (primary N) is 1. The summed E-state index contributed by atoms with van der Waals surface area (Å²) < 4.78 is 3.04. The number of rotatable bonds is 4. The molecule has 1 atom stereocenters. The Morgan fingerprint density at radius 1 is 1.46 bits per heavy atom. The van der Waals surface area contributed by atoms with Crippen LogP contribution in [0.2, 0.25) is 0 Å². The molecule has 0 fully saturated rings. The van der Waals surface area contributed by atoms with Crippen molar-refractivity contribution in [3.8, 4) is 0 Å². The van der Waals surface area contributed by atoms with E-state index in [1.807, 2.05) is 25.4 Å². The van der Waals surface area contributed by atoms with Gasteiger partial charge < -0.3 is 10.3 Å². The SMILES string of the molecule is CSc1nc(C(C)n2cc(Br)c3ccnc(CCl)c32)nc(N)c1S. The van der Waals surface area contributed by atoms with Crippen molar-refractivity contribution in [3.05, 3.63) is 34.5 Å². The molecule has 3 aromatic rings. The Balaban J connectivity index is 2.19. The summed E-state index contributed by atoms with van der Waals surface area (Å²) in [7, 11) is 0. The molecule has 0 aliphatic rings. The monoisotopic (exact) mass is 443 g/mol. The molecule has 0 amide bonds. The molecular formula is C15H15BrClN5S2. The van der Waals surface area contributed by atoms with Gasteiger partial charge in [-0.05, 0) is 35.2 Å². The summed E-state index contributed by atoms with van der Waals surface area (Å²) in [6.45, 7) is 2.02. The minimum Gasteiger partial charge on any atom is -0.383 e. The first-order valence-corrected chi connectivity index (χ1v) is 10.1. The summed E-state index contributed by atoms with van der Waals surface area (Å²) >= 11 is 15.5. The zero-order valence-corrected chi connectivity index (χ0v) is 17.0. The Kier molecular flexibility index (Phi) is 5.29. The zero-order chi connectivity index (χ0) is 17.4. The maximum atomic E-state index is 6.08. The normalized spacial score (nSPS) is 12.7. The third-order valence-corrected chi connectivity index (χ3v) is 5.93. The molecule has 5 nitrogen and oxygen atoms in total. The Morgan fingerprint density at radius 2 is 2.21 bits per heavy atom. The number of pyridine rings is 1. The standard InChI is InChI=1S/C15H15BrClN5S2/c1-7(14-20-13(18)12(23)15(21-14)24-2)22-6-9(16)8-3-4-19-10(5-17)11(8)22/h3-4,6-7,23H,5H2,1-2H3,(H2,18,20,21). The predicted molar refractivity (Wildman–Crippen MR) is 106 cm³/mol. The molecule has 0 saturated carbocycles. The molecule has 3 aromatic heterocycles. The molecule has 0 radical (unpaired) electrons. The molecule has 2 N–H and O–H groups in total. The lowest BCUT2D eigenvalue weighted by Crippen LogP contribution is -2.13. The molecular weight excluding hydrogens is 430 g/mol. The summed E-state index contributed by atoms with van der Waals surface area (Å²) in [5.74, 6) is 1.34. The lowest BCUT2D eigenvalue weighted by Gasteiger charge is -2.17. The molecule has 0 saturated heterocycles. The van der Waals surface area contributed by atoms with Gasteiger partial charge in [-0.1, -0.05) is 0 Å². The van der Waals surface area contributed by atoms with Crippen LogP contribution in [0.15, 0.2) is 32.9 Å². The van der Waals surface area contributed by atoms with Gasteiger partial charge in [0.25, 0.3) is 0 Å². The number of thiol groups is 1. The number of aromatic nitrogens is 4. The van der Waals surface area contributed by atoms with E-state index in [-0.39, 0.29) is 6.04 Å². The van der Waals surface area contributed by atoms with Crippen LogP contribution in [0.3, 0.4) is 0 Å². The average molecular weight is 445 g/mol. The molecule has 126 valence electrons. The van der Waals surface area contributed by atoms with Gasteiger partial charge in [0.1, 0.15) is 10.8 Å². The number of thioether (sulfide) groups is 1. The molecule has 3 rings (SSSR count). The van der Waals surface area contributed by atoms with Gasteiger partial charge in [0.2, 0.25) is 0 Å². The highest BCUT2D eigenvalue weighted by atomic mass is 79.9. The highest BCUT2D eigenvalue weighted by Crippen LogP contribution is 2.34. The molecule has 0 spiro atoms. The number of fused-ring (bicyclic) bond motifs is 1. The third kappa shape index (κ3) is 3.00. The van der Waals surface area contributed by atoms with Gasteiger partial charge in [-0.25, -0.2) is 9.97 Å². The average Bonchev–Trinajstić information content (AvgIpc) is 2.93. The number of hydrogen-bond donors (Lipinski definition) is 2. The smallest absolute Gasteiger partial charge is 0.154 e. The minimum absolute atomic E-state index is 0.132. The molecule has 0 aliphatic carbocycles. The van der Waals surface area contributed by atoms with E-state index in [9.17, 15) is 0 Å². The fourth-order valence-corrected chi connectivity index (χ4v) is 4.15. The maximum absolute atomic E-state index is 6.08. The van der Waals surface area contributed by atoms with Gasteiger partial charge in [-0.3, -0.25) is 4.98 Å². The summed E-state index contributed by atoms with van der Waals surface area (Å²) in [5, 5.41) is 1.82. The minimum atomic E-state index is -0.132. The van der Waals surface area contributed by atoms with Gasteiger partial charge in [-0.15, -0.1) is 36.0 Å². The fraction of sp³-hybridized carbons (Fsp3) is 0.267. The number of alkyl halides is 1. The number of hydrogen-bond acceptors (Lipinski definition) is 6. The van der Waals surface area contributed by atoms with Gasteiger partial charge in [0.15, 0.2) is 5.82 Å². The molecule has 0 aliphatic heterocycles. The first-order valence-electron chi connectivity index (χ1n) is 7.08. The van der Waals surface area contributed by atoms with E-state index in [2.05, 4.69) is 48.1 Å². The Morgan fingerprint density at radius 3 is 2.88 bits per heavy atom. The van der Waals surface area contributed by atoms with Crippen molar-refractivity contribution in [2.45, 2.75) is 28.8 Å². The van der Waals surface area contributed by atoms with E-state index < -0.39 is 0 Å². The van der Waals surface area contributed by atoms with Gasteiger partial charge >= 0.3 is 0 Å². The van der Waals surface area contributed by atoms with E-state index >= 15 is 0 Å². The summed E-state index contributed by atoms with van der Waals surface area (Å²) in [4.78, 5) is 14.0. The van der Waals surface area contributed by atoms with Gasteiger partial charge in [-0.2, -0.15) is 0 Å². The van der Waals surface area contributed by atoms with Crippen LogP contribution in [0.4, 0.5) is 5.82 Å². The molecule has 24 heavy (non-hydrogen) atoms. The molecule has 0 aromatic carbocycles. The fourth-order valence-electron chi connectivity index (χ4n) is 2.56. The zero-order valence-electron chi connectivity index (χ0n) is 13.0. The van der Waals surface area contributed by atoms with Crippen LogP contribution in [0.1, 0.15) is 24.5 Å². The van der Waals surface area contributed by atoms with Crippen LogP contribution in [-0.2, 0) is 5.88 Å². The van der Waals surface area contributed by atoms with Crippen LogP contribution in [0, 0.1) is 0 Å². The molecule has 0 bridgehead atoms. The van der Waals surface area contributed by atoms with Gasteiger partial charge in [0, 0.05) is 22.3 Å². The lowest BCUT2D eigenvalue weighted by atomic mass is 10.2. The Labute approximate surface area is 162 Å². The Bertz CT molecular complexity index is 915. The van der Waals surface area contributed by atoms with E-state index in [1.54, 1.807) is 6.20 Å². The van der Waals surface area contributed by atoms with Crippen molar-refractivity contribution >= 4 is 68.6 Å². The molecule has 9 heteroatoms. The van der Waals surface area contributed by atoms with E-state index in [4.69, 9.17) is 17.3 Å². The summed E-state index contributed by atoms with van der Waals surface area (Å²) in [5.41, 5.74) is 7.78. The van der Waals surface area contributed by atoms with Crippen molar-refractivity contribution in [2.24, 2.45) is 0 Å². The van der Waals surface area contributed by atoms with Crippen molar-refractivity contribution in [1.82, 2.24) is 19.5 Å². The van der Waals surface area contributed by atoms with Crippen LogP contribution >= 0.6 is 51.9 Å². The van der Waals surface area contributed by atoms with E-state index in [0.717, 1.165) is 26.1 Å². The van der Waals surface area contributed by atoms with Crippen molar-refractivity contribution in [1.29, 1.82) is 0 Å². The highest BCUT2D eigenvalue weighted by Gasteiger charge is 2.20. The second kappa shape index (κ2) is 7.11. The number of halogens is 2. The maximum Gasteiger partial charge on any atom is 0.154 e. The van der Waals surface area contributed by atoms with Crippen LogP contribution in [0.5, 0.6) is 0 Å². The highest BCUT2D eigenvalue weighted by molar-refractivity contribution is 9.10. The largest absolute Gasteiger partial charge is 0.383 e. The Hall–Kier alpha value is -0.960. The quantitative estimate of drug-likeness (QED) is 0.268. The van der Waals surface area contributed by atoms with Crippen LogP contribution in [0.25, 0.3) is 10.9 Å². The lowest BCUT2D eigenvalue weighted by molar-refractivity contribution is 0.606. The van der Waals surface area contributed by atoms with E-state index in [1.165, 1.54) is 11.8 Å². The third-order valence-electron chi connectivity index (χ3n) is 3.78. The topological polar surface area (TPSA) is 69.6 Å². The molecule has 1 unspecified atom stereocenters. The number of nitrogens with zero attached hydrogens (tertiary/aromatic N) is 4. The van der Waals surface area contributed by atoms with Crippen molar-refractivity contribution < 1.29 is 0 Å². The van der Waals surface area contributed by atoms with Crippen molar-refractivity contribution in [3.63, 3.8) is 0 Å². The number of anilines is 1. The van der Waals surface area contributed by atoms with Crippen LogP contribution in [-0.4, -0.2) is 25.8 Å². The van der Waals surface area contributed by atoms with Crippen LogP contribution < -0.4 is 5.73 Å². The van der Waals surface area contributed by atoms with Gasteiger partial charge in [0.05, 0.1) is 28.0 Å². The van der Waals surface area contributed by atoms with Crippen molar-refractivity contribution in [2.75, 3.05) is 12.0 Å². The summed E-state index contributed by atoms with van der Waals surface area (Å²) in [6.07, 6.45) is 5.70. The number of nitrogen functional groups attached to an aromatic ring is 1.